The molecule has 2 aromatic heterocycles. The van der Waals surface area contributed by atoms with E-state index in [9.17, 15) is 14.0 Å². The maximum Gasteiger partial charge on any atom is 0.339 e. The molecule has 2 heterocycles. The molecular formula is C24H22FNO4. The van der Waals surface area contributed by atoms with E-state index >= 15 is 0 Å². The van der Waals surface area contributed by atoms with Crippen LogP contribution in [0.1, 0.15) is 34.4 Å². The number of benzene rings is 2. The molecule has 2 aromatic carbocycles. The van der Waals surface area contributed by atoms with Gasteiger partial charge in [0.15, 0.2) is 0 Å². The van der Waals surface area contributed by atoms with Gasteiger partial charge in [0, 0.05) is 35.4 Å². The minimum Gasteiger partial charge on any atom is -0.461 e. The second kappa shape index (κ2) is 7.78. The molecule has 0 radical (unpaired) electrons. The Morgan fingerprint density at radius 2 is 1.63 bits per heavy atom. The van der Waals surface area contributed by atoms with Gasteiger partial charge < -0.3 is 14.2 Å². The van der Waals surface area contributed by atoms with Gasteiger partial charge in [-0.05, 0) is 62.1 Å². The van der Waals surface area contributed by atoms with Crippen molar-refractivity contribution in [3.05, 3.63) is 80.6 Å². The van der Waals surface area contributed by atoms with E-state index in [0.717, 1.165) is 33.2 Å². The third kappa shape index (κ3) is 3.73. The van der Waals surface area contributed by atoms with Crippen molar-refractivity contribution in [2.75, 3.05) is 0 Å². The van der Waals surface area contributed by atoms with Crippen molar-refractivity contribution in [3.63, 3.8) is 0 Å². The molecule has 30 heavy (non-hydrogen) atoms. The first kappa shape index (κ1) is 19.9. The molecule has 6 heteroatoms. The topological polar surface area (TPSA) is 72.5 Å². The highest BCUT2D eigenvalue weighted by Gasteiger charge is 2.16. The predicted octanol–water partition coefficient (Wildman–Crippen LogP) is 4.85. The van der Waals surface area contributed by atoms with Gasteiger partial charge in [-0.15, -0.1) is 0 Å². The number of hydrogen-bond acceptors (Lipinski definition) is 4. The number of nitrogens with one attached hydrogen (secondary N) is 1. The van der Waals surface area contributed by atoms with Crippen LogP contribution in [0, 0.1) is 26.6 Å². The van der Waals surface area contributed by atoms with Crippen LogP contribution >= 0.6 is 0 Å². The Morgan fingerprint density at radius 3 is 2.37 bits per heavy atom. The van der Waals surface area contributed by atoms with Crippen LogP contribution in [0.3, 0.4) is 0 Å². The van der Waals surface area contributed by atoms with Gasteiger partial charge in [-0.1, -0.05) is 12.1 Å². The average molecular weight is 407 g/mol. The van der Waals surface area contributed by atoms with Crippen LogP contribution in [0.2, 0.25) is 0 Å². The van der Waals surface area contributed by atoms with Crippen molar-refractivity contribution < 1.29 is 18.0 Å². The van der Waals surface area contributed by atoms with Crippen LogP contribution in [0.5, 0.6) is 0 Å². The lowest BCUT2D eigenvalue weighted by atomic mass is 10.0. The van der Waals surface area contributed by atoms with Crippen molar-refractivity contribution in [1.29, 1.82) is 0 Å². The molecule has 154 valence electrons. The molecule has 5 nitrogen and oxygen atoms in total. The van der Waals surface area contributed by atoms with E-state index in [2.05, 4.69) is 5.32 Å². The Hall–Kier alpha value is -3.41. The molecule has 0 unspecified atom stereocenters. The van der Waals surface area contributed by atoms with Gasteiger partial charge >= 0.3 is 5.63 Å². The SMILES string of the molecule is Cc1oc2cc3oc(=O)c(CCC(=O)NCc4ccc(F)cc4)c(C)c3cc2c1C. The predicted molar refractivity (Wildman–Crippen MR) is 113 cm³/mol. The molecule has 0 bridgehead atoms. The van der Waals surface area contributed by atoms with Crippen molar-refractivity contribution in [3.8, 4) is 0 Å². The average Bonchev–Trinajstić information content (AvgIpc) is 2.99. The maximum atomic E-state index is 13.0. The molecule has 0 aliphatic carbocycles. The van der Waals surface area contributed by atoms with E-state index in [1.165, 1.54) is 12.1 Å². The zero-order valence-electron chi connectivity index (χ0n) is 17.1. The lowest BCUT2D eigenvalue weighted by molar-refractivity contribution is -0.121. The summed E-state index contributed by atoms with van der Waals surface area (Å²) >= 11 is 0. The molecule has 0 spiro atoms. The first-order valence-electron chi connectivity index (χ1n) is 9.80. The smallest absolute Gasteiger partial charge is 0.339 e. The van der Waals surface area contributed by atoms with E-state index in [1.54, 1.807) is 18.2 Å². The maximum absolute atomic E-state index is 13.0. The zero-order valence-corrected chi connectivity index (χ0v) is 17.1. The Bertz CT molecular complexity index is 1320. The summed E-state index contributed by atoms with van der Waals surface area (Å²) in [6, 6.07) is 9.68. The summed E-state index contributed by atoms with van der Waals surface area (Å²) in [5.41, 5.74) is 3.89. The quantitative estimate of drug-likeness (QED) is 0.480. The standard InChI is InChI=1S/C24H22FNO4/c1-13-15(3)29-21-11-22-20(10-19(13)21)14(2)18(24(28)30-22)8-9-23(27)26-12-16-4-6-17(25)7-5-16/h4-7,10-11H,8-9,12H2,1-3H3,(H,26,27). The Labute approximate surface area is 172 Å². The molecule has 1 N–H and O–H groups in total. The second-order valence-corrected chi connectivity index (χ2v) is 7.52. The highest BCUT2D eigenvalue weighted by Crippen LogP contribution is 2.31. The monoisotopic (exact) mass is 407 g/mol. The largest absolute Gasteiger partial charge is 0.461 e. The molecule has 0 atom stereocenters. The summed E-state index contributed by atoms with van der Waals surface area (Å²) in [6.07, 6.45) is 0.436. The van der Waals surface area contributed by atoms with Gasteiger partial charge in [-0.2, -0.15) is 0 Å². The number of amides is 1. The van der Waals surface area contributed by atoms with Gasteiger partial charge in [0.05, 0.1) is 0 Å². The molecule has 0 aliphatic heterocycles. The molecule has 4 rings (SSSR count). The Morgan fingerprint density at radius 1 is 0.967 bits per heavy atom. The summed E-state index contributed by atoms with van der Waals surface area (Å²) < 4.78 is 24.2. The van der Waals surface area contributed by atoms with Gasteiger partial charge in [-0.3, -0.25) is 4.79 Å². The highest BCUT2D eigenvalue weighted by atomic mass is 19.1. The molecule has 0 saturated carbocycles. The normalized spacial score (nSPS) is 11.3. The number of halogens is 1. The summed E-state index contributed by atoms with van der Waals surface area (Å²) in [5, 5.41) is 4.62. The third-order valence-electron chi connectivity index (χ3n) is 5.59. The number of fused-ring (bicyclic) bond motifs is 2. The fourth-order valence-corrected chi connectivity index (χ4v) is 3.64. The summed E-state index contributed by atoms with van der Waals surface area (Å²) in [4.78, 5) is 24.8. The second-order valence-electron chi connectivity index (χ2n) is 7.52. The van der Waals surface area contributed by atoms with E-state index < -0.39 is 5.63 Å². The Kier molecular flexibility index (Phi) is 5.16. The number of furan rings is 1. The van der Waals surface area contributed by atoms with Crippen LogP contribution in [0.4, 0.5) is 4.39 Å². The lowest BCUT2D eigenvalue weighted by Gasteiger charge is -2.09. The van der Waals surface area contributed by atoms with Crippen LogP contribution in [-0.2, 0) is 17.8 Å². The molecule has 4 aromatic rings. The third-order valence-corrected chi connectivity index (χ3v) is 5.59. The van der Waals surface area contributed by atoms with Crippen LogP contribution in [-0.4, -0.2) is 5.91 Å². The number of rotatable bonds is 5. The Balaban J connectivity index is 1.54. The van der Waals surface area contributed by atoms with E-state index in [4.69, 9.17) is 8.83 Å². The van der Waals surface area contributed by atoms with Crippen LogP contribution in [0.15, 0.2) is 50.0 Å². The number of aryl methyl sites for hydroxylation is 3. The van der Waals surface area contributed by atoms with Crippen molar-refractivity contribution >= 4 is 27.8 Å². The first-order chi connectivity index (χ1) is 14.3. The minimum atomic E-state index is -0.439. The highest BCUT2D eigenvalue weighted by molar-refractivity contribution is 5.96. The lowest BCUT2D eigenvalue weighted by Crippen LogP contribution is -2.24. The van der Waals surface area contributed by atoms with E-state index in [-0.39, 0.29) is 24.6 Å². The number of hydrogen-bond donors (Lipinski definition) is 1. The van der Waals surface area contributed by atoms with E-state index in [1.807, 2.05) is 26.8 Å². The molecule has 0 aliphatic rings. The van der Waals surface area contributed by atoms with Gasteiger partial charge in [-0.25, -0.2) is 9.18 Å². The summed E-state index contributed by atoms with van der Waals surface area (Å²) in [6.45, 7) is 6.08. The first-order valence-corrected chi connectivity index (χ1v) is 9.80. The van der Waals surface area contributed by atoms with Gasteiger partial charge in [0.1, 0.15) is 22.7 Å². The minimum absolute atomic E-state index is 0.157. The van der Waals surface area contributed by atoms with Crippen molar-refractivity contribution in [1.82, 2.24) is 5.32 Å². The molecule has 1 amide bonds. The van der Waals surface area contributed by atoms with Gasteiger partial charge in [0.2, 0.25) is 5.91 Å². The number of carbonyl (C=O) groups excluding carboxylic acids is 1. The molecular weight excluding hydrogens is 385 g/mol. The van der Waals surface area contributed by atoms with Gasteiger partial charge in [0.25, 0.3) is 0 Å². The molecule has 0 saturated heterocycles. The van der Waals surface area contributed by atoms with Crippen LogP contribution < -0.4 is 10.9 Å². The van der Waals surface area contributed by atoms with E-state index in [0.29, 0.717) is 23.3 Å². The van der Waals surface area contributed by atoms with Crippen molar-refractivity contribution in [2.24, 2.45) is 0 Å². The van der Waals surface area contributed by atoms with Crippen LogP contribution in [0.25, 0.3) is 21.9 Å². The fourth-order valence-electron chi connectivity index (χ4n) is 3.64. The fraction of sp³-hybridized carbons (Fsp3) is 0.250. The van der Waals surface area contributed by atoms with Crippen molar-refractivity contribution in [2.45, 2.75) is 40.2 Å². The zero-order chi connectivity index (χ0) is 21.4. The summed E-state index contributed by atoms with van der Waals surface area (Å²) in [7, 11) is 0. The number of carbonyl (C=O) groups is 1. The molecule has 0 fully saturated rings. The summed E-state index contributed by atoms with van der Waals surface area (Å²) in [5.74, 6) is 0.329.